The van der Waals surface area contributed by atoms with Crippen LogP contribution < -0.4 is 4.90 Å². The number of para-hydroxylation sites is 3. The molecule has 2 heterocycles. The highest BCUT2D eigenvalue weighted by molar-refractivity contribution is 6.11. The van der Waals surface area contributed by atoms with E-state index in [2.05, 4.69) is 143 Å². The highest BCUT2D eigenvalue weighted by Crippen LogP contribution is 2.42. The normalized spacial score (nSPS) is 11.6. The maximum absolute atomic E-state index is 6.41. The van der Waals surface area contributed by atoms with E-state index in [0.717, 1.165) is 50.2 Å². The van der Waals surface area contributed by atoms with Crippen molar-refractivity contribution in [2.24, 2.45) is 0 Å². The van der Waals surface area contributed by atoms with Gasteiger partial charge in [-0.1, -0.05) is 84.9 Å². The Hall–Kier alpha value is -6.13. The molecule has 9 rings (SSSR count). The zero-order valence-electron chi connectivity index (χ0n) is 24.3. The fourth-order valence-electron chi connectivity index (χ4n) is 6.58. The van der Waals surface area contributed by atoms with Crippen molar-refractivity contribution in [1.82, 2.24) is 9.55 Å². The molecule has 212 valence electrons. The molecule has 0 spiro atoms. The number of fused-ring (bicyclic) bond motifs is 6. The molecule has 0 saturated carbocycles. The molecule has 4 heteroatoms. The summed E-state index contributed by atoms with van der Waals surface area (Å²) in [6.45, 7) is 0. The van der Waals surface area contributed by atoms with Gasteiger partial charge in [-0.15, -0.1) is 0 Å². The molecule has 2 aromatic heterocycles. The predicted molar refractivity (Wildman–Crippen MR) is 186 cm³/mol. The van der Waals surface area contributed by atoms with Gasteiger partial charge in [0.25, 0.3) is 0 Å². The second-order valence-electron chi connectivity index (χ2n) is 11.2. The molecule has 0 amide bonds. The Balaban J connectivity index is 1.20. The van der Waals surface area contributed by atoms with Crippen molar-refractivity contribution >= 4 is 60.7 Å². The molecule has 0 saturated heterocycles. The zero-order chi connectivity index (χ0) is 29.7. The van der Waals surface area contributed by atoms with E-state index in [4.69, 9.17) is 9.40 Å². The molecule has 7 aromatic carbocycles. The Morgan fingerprint density at radius 1 is 0.467 bits per heavy atom. The molecule has 0 unspecified atom stereocenters. The summed E-state index contributed by atoms with van der Waals surface area (Å²) >= 11 is 0. The number of rotatable bonds is 5. The van der Waals surface area contributed by atoms with Gasteiger partial charge >= 0.3 is 0 Å². The third-order valence-corrected chi connectivity index (χ3v) is 8.61. The lowest BCUT2D eigenvalue weighted by Crippen LogP contribution is -2.10. The van der Waals surface area contributed by atoms with Crippen molar-refractivity contribution in [2.75, 3.05) is 4.90 Å². The Bertz CT molecular complexity index is 2420. The van der Waals surface area contributed by atoms with E-state index < -0.39 is 0 Å². The van der Waals surface area contributed by atoms with Gasteiger partial charge in [-0.3, -0.25) is 0 Å². The zero-order valence-corrected chi connectivity index (χ0v) is 24.3. The number of hydrogen-bond acceptors (Lipinski definition) is 3. The molecule has 4 nitrogen and oxygen atoms in total. The van der Waals surface area contributed by atoms with E-state index in [0.29, 0.717) is 5.89 Å². The summed E-state index contributed by atoms with van der Waals surface area (Å²) in [6, 6.07) is 57.3. The number of benzene rings is 7. The molecular weight excluding hydrogens is 550 g/mol. The Kier molecular flexibility index (Phi) is 5.78. The van der Waals surface area contributed by atoms with Crippen molar-refractivity contribution in [2.45, 2.75) is 0 Å². The van der Waals surface area contributed by atoms with Crippen LogP contribution in [0.2, 0.25) is 0 Å². The van der Waals surface area contributed by atoms with Crippen LogP contribution in [-0.2, 0) is 0 Å². The van der Waals surface area contributed by atoms with Crippen molar-refractivity contribution in [3.05, 3.63) is 164 Å². The molecule has 9 aromatic rings. The van der Waals surface area contributed by atoms with Crippen molar-refractivity contribution < 1.29 is 4.42 Å². The van der Waals surface area contributed by atoms with Gasteiger partial charge in [0.1, 0.15) is 5.52 Å². The van der Waals surface area contributed by atoms with Gasteiger partial charge in [0.15, 0.2) is 5.58 Å². The monoisotopic (exact) mass is 577 g/mol. The molecule has 0 aliphatic heterocycles. The molecule has 0 aliphatic carbocycles. The lowest BCUT2D eigenvalue weighted by atomic mass is 10.1. The molecule has 45 heavy (non-hydrogen) atoms. The maximum Gasteiger partial charge on any atom is 0.227 e. The number of nitrogens with zero attached hydrogens (tertiary/aromatic N) is 3. The smallest absolute Gasteiger partial charge is 0.227 e. The summed E-state index contributed by atoms with van der Waals surface area (Å²) in [6.07, 6.45) is 0. The maximum atomic E-state index is 6.41. The largest absolute Gasteiger partial charge is 0.435 e. The SMILES string of the molecule is c1ccc(-c2nc3ccc4c(N(c5ccccc5)c5ccc(-n6c7ccccc7c7ccccc76)cc5)cccc4c3o2)cc1. The fraction of sp³-hybridized carbons (Fsp3) is 0. The number of aromatic nitrogens is 2. The number of oxazole rings is 1. The molecule has 0 fully saturated rings. The van der Waals surface area contributed by atoms with Crippen molar-refractivity contribution in [1.29, 1.82) is 0 Å². The third kappa shape index (κ3) is 4.11. The van der Waals surface area contributed by atoms with Gasteiger partial charge in [0, 0.05) is 44.2 Å². The fourth-order valence-corrected chi connectivity index (χ4v) is 6.58. The second kappa shape index (κ2) is 10.2. The minimum Gasteiger partial charge on any atom is -0.435 e. The molecule has 0 radical (unpaired) electrons. The van der Waals surface area contributed by atoms with Gasteiger partial charge in [0.05, 0.1) is 16.7 Å². The minimum atomic E-state index is 0.629. The average Bonchev–Trinajstić information content (AvgIpc) is 3.70. The van der Waals surface area contributed by atoms with Gasteiger partial charge in [-0.05, 0) is 78.9 Å². The van der Waals surface area contributed by atoms with E-state index in [1.165, 1.54) is 21.8 Å². The first-order valence-electron chi connectivity index (χ1n) is 15.1. The van der Waals surface area contributed by atoms with Gasteiger partial charge in [0.2, 0.25) is 5.89 Å². The molecule has 0 N–H and O–H groups in total. The third-order valence-electron chi connectivity index (χ3n) is 8.61. The van der Waals surface area contributed by atoms with E-state index in [-0.39, 0.29) is 0 Å². The van der Waals surface area contributed by atoms with E-state index in [1.54, 1.807) is 0 Å². The first kappa shape index (κ1) is 25.4. The van der Waals surface area contributed by atoms with Crippen LogP contribution in [0.15, 0.2) is 168 Å². The van der Waals surface area contributed by atoms with Crippen LogP contribution in [0.1, 0.15) is 0 Å². The summed E-state index contributed by atoms with van der Waals surface area (Å²) in [4.78, 5) is 7.14. The summed E-state index contributed by atoms with van der Waals surface area (Å²) < 4.78 is 8.76. The topological polar surface area (TPSA) is 34.2 Å². The lowest BCUT2D eigenvalue weighted by molar-refractivity contribution is 0.623. The molecule has 0 atom stereocenters. The summed E-state index contributed by atoms with van der Waals surface area (Å²) in [5, 5.41) is 4.64. The van der Waals surface area contributed by atoms with Gasteiger partial charge in [-0.2, -0.15) is 0 Å². The quantitative estimate of drug-likeness (QED) is 0.204. The van der Waals surface area contributed by atoms with E-state index in [9.17, 15) is 0 Å². The van der Waals surface area contributed by atoms with Crippen LogP contribution in [-0.4, -0.2) is 9.55 Å². The van der Waals surface area contributed by atoms with E-state index >= 15 is 0 Å². The van der Waals surface area contributed by atoms with Gasteiger partial charge in [-0.25, -0.2) is 4.98 Å². The van der Waals surface area contributed by atoms with Crippen LogP contribution in [0.5, 0.6) is 0 Å². The molecule has 0 aliphatic rings. The first-order chi connectivity index (χ1) is 22.3. The summed E-state index contributed by atoms with van der Waals surface area (Å²) in [7, 11) is 0. The number of hydrogen-bond donors (Lipinski definition) is 0. The average molecular weight is 578 g/mol. The van der Waals surface area contributed by atoms with Crippen LogP contribution in [0.25, 0.3) is 60.8 Å². The lowest BCUT2D eigenvalue weighted by Gasteiger charge is -2.27. The van der Waals surface area contributed by atoms with Crippen LogP contribution in [0.4, 0.5) is 17.1 Å². The van der Waals surface area contributed by atoms with Crippen LogP contribution in [0, 0.1) is 0 Å². The van der Waals surface area contributed by atoms with Crippen LogP contribution in [0.3, 0.4) is 0 Å². The predicted octanol–water partition coefficient (Wildman–Crippen LogP) is 11.2. The van der Waals surface area contributed by atoms with Crippen molar-refractivity contribution in [3.8, 4) is 17.1 Å². The Morgan fingerprint density at radius 2 is 1.07 bits per heavy atom. The first-order valence-corrected chi connectivity index (χ1v) is 15.1. The van der Waals surface area contributed by atoms with E-state index in [1.807, 2.05) is 30.3 Å². The molecule has 0 bridgehead atoms. The minimum absolute atomic E-state index is 0.629. The standard InChI is InChI=1S/C41H27N3O/c1-3-12-28(13-4-1)41-42-36-27-26-34-35(40(36)45-41)18-11-21-37(34)43(29-14-5-2-6-15-29)30-22-24-31(25-23-30)44-38-19-9-7-16-32(38)33-17-8-10-20-39(33)44/h1-27H. The number of anilines is 3. The van der Waals surface area contributed by atoms with Gasteiger partial charge < -0.3 is 13.9 Å². The van der Waals surface area contributed by atoms with Crippen LogP contribution >= 0.6 is 0 Å². The highest BCUT2D eigenvalue weighted by atomic mass is 16.3. The summed E-state index contributed by atoms with van der Waals surface area (Å²) in [5.41, 5.74) is 9.35. The Morgan fingerprint density at radius 3 is 1.78 bits per heavy atom. The summed E-state index contributed by atoms with van der Waals surface area (Å²) in [5.74, 6) is 0.629. The molecular formula is C41H27N3O. The Labute approximate surface area is 260 Å². The van der Waals surface area contributed by atoms with Crippen molar-refractivity contribution in [3.63, 3.8) is 0 Å². The second-order valence-corrected chi connectivity index (χ2v) is 11.2. The highest BCUT2D eigenvalue weighted by Gasteiger charge is 2.19.